The van der Waals surface area contributed by atoms with Crippen molar-refractivity contribution in [1.29, 1.82) is 0 Å². The van der Waals surface area contributed by atoms with Gasteiger partial charge < -0.3 is 25.0 Å². The van der Waals surface area contributed by atoms with Gasteiger partial charge in [-0.05, 0) is 114 Å². The molecule has 0 spiro atoms. The van der Waals surface area contributed by atoms with Crippen molar-refractivity contribution in [2.45, 2.75) is 82.8 Å². The van der Waals surface area contributed by atoms with E-state index in [1.807, 2.05) is 43.6 Å². The maximum atomic E-state index is 13.4. The monoisotopic (exact) mass is 787 g/mol. The van der Waals surface area contributed by atoms with Gasteiger partial charge >= 0.3 is 0 Å². The minimum Gasteiger partial charge on any atom is -0.371 e. The zero-order valence-electron chi connectivity index (χ0n) is 32.7. The highest BCUT2D eigenvalue weighted by atomic mass is 16.2. The molecule has 7 heterocycles. The fraction of sp³-hybridized carbons (Fsp3) is 0.512. The normalized spacial score (nSPS) is 22.2. The first-order valence-corrected chi connectivity index (χ1v) is 20.6. The Morgan fingerprint density at radius 3 is 2.53 bits per heavy atom. The van der Waals surface area contributed by atoms with E-state index in [4.69, 9.17) is 0 Å². The molecule has 1 aromatic carbocycles. The minimum atomic E-state index is -0.838. The summed E-state index contributed by atoms with van der Waals surface area (Å²) in [5.74, 6) is 1.07. The van der Waals surface area contributed by atoms with Crippen LogP contribution in [0, 0.1) is 18.8 Å². The molecule has 1 aliphatic carbocycles. The molecule has 0 bridgehead atoms. The second-order valence-electron chi connectivity index (χ2n) is 16.4. The summed E-state index contributed by atoms with van der Waals surface area (Å²) in [4.78, 5) is 73.2. The van der Waals surface area contributed by atoms with Crippen molar-refractivity contribution in [2.75, 3.05) is 49.5 Å². The van der Waals surface area contributed by atoms with Crippen molar-refractivity contribution in [1.82, 2.24) is 55.0 Å². The standard InChI is InChI=1S/C41H49N13O4/c1-25-3-2-4-33(46-25)39(56)47-28-19-30(20-28)53-24-45-36-37(43-23-44-38(36)53)42-14-9-26-10-15-51(16-11-26)22-27-12-17-52(18-13-27)29-5-6-32-31(21-29)41(58)54(50-49-32)34-7-8-35(55)48-40(34)57/h2-6,21,23-24,26-28,30,34H,7-20,22H2,1H3,(H,47,56)(H,42,43,44)(H,48,55,57)/t28?,30?,34-/m0/s1. The smallest absolute Gasteiger partial charge is 0.278 e. The van der Waals surface area contributed by atoms with Crippen LogP contribution < -0.4 is 26.4 Å². The molecule has 58 heavy (non-hydrogen) atoms. The number of aromatic nitrogens is 8. The predicted octanol–water partition coefficient (Wildman–Crippen LogP) is 3.18. The molecular weight excluding hydrogens is 739 g/mol. The van der Waals surface area contributed by atoms with Crippen molar-refractivity contribution in [2.24, 2.45) is 11.8 Å². The van der Waals surface area contributed by atoms with E-state index in [1.54, 1.807) is 12.4 Å². The zero-order valence-corrected chi connectivity index (χ0v) is 32.7. The highest BCUT2D eigenvalue weighted by Crippen LogP contribution is 2.35. The average molecular weight is 788 g/mol. The Labute approximate surface area is 335 Å². The molecule has 4 aromatic heterocycles. The lowest BCUT2D eigenvalue weighted by Gasteiger charge is -2.38. The van der Waals surface area contributed by atoms with E-state index in [0.717, 1.165) is 104 Å². The lowest BCUT2D eigenvalue weighted by Crippen LogP contribution is -2.45. The summed E-state index contributed by atoms with van der Waals surface area (Å²) in [6.45, 7) is 7.89. The van der Waals surface area contributed by atoms with Gasteiger partial charge in [0.1, 0.15) is 29.1 Å². The van der Waals surface area contributed by atoms with Crippen LogP contribution in [-0.2, 0) is 9.59 Å². The third-order valence-electron chi connectivity index (χ3n) is 12.5. The highest BCUT2D eigenvalue weighted by Gasteiger charge is 2.34. The van der Waals surface area contributed by atoms with Crippen molar-refractivity contribution in [3.63, 3.8) is 0 Å². The molecule has 4 aliphatic rings. The molecule has 3 N–H and O–H groups in total. The number of amides is 3. The quantitative estimate of drug-likeness (QED) is 0.165. The first-order valence-electron chi connectivity index (χ1n) is 20.6. The second kappa shape index (κ2) is 16.2. The maximum absolute atomic E-state index is 13.4. The number of carbonyl (C=O) groups excluding carboxylic acids is 3. The van der Waals surface area contributed by atoms with E-state index < -0.39 is 11.9 Å². The lowest BCUT2D eigenvalue weighted by atomic mass is 9.86. The van der Waals surface area contributed by atoms with Gasteiger partial charge in [-0.2, -0.15) is 4.68 Å². The largest absolute Gasteiger partial charge is 0.371 e. The molecule has 1 atom stereocenters. The van der Waals surface area contributed by atoms with Crippen molar-refractivity contribution >= 4 is 51.3 Å². The van der Waals surface area contributed by atoms with E-state index in [9.17, 15) is 19.2 Å². The number of imide groups is 1. The number of aryl methyl sites for hydroxylation is 1. The van der Waals surface area contributed by atoms with Gasteiger partial charge in [0.05, 0.1) is 11.7 Å². The molecule has 9 rings (SSSR count). The maximum Gasteiger partial charge on any atom is 0.278 e. The number of imidazole rings is 1. The van der Waals surface area contributed by atoms with E-state index in [-0.39, 0.29) is 42.3 Å². The van der Waals surface area contributed by atoms with Crippen LogP contribution in [0.1, 0.15) is 86.1 Å². The average Bonchev–Trinajstić information content (AvgIpc) is 3.65. The summed E-state index contributed by atoms with van der Waals surface area (Å²) in [6, 6.07) is 10.6. The Hall–Kier alpha value is -5.84. The number of piperidine rings is 3. The van der Waals surface area contributed by atoms with Crippen LogP contribution >= 0.6 is 0 Å². The number of fused-ring (bicyclic) bond motifs is 2. The number of likely N-dealkylation sites (tertiary alicyclic amines) is 1. The molecule has 0 radical (unpaired) electrons. The number of rotatable bonds is 11. The number of benzene rings is 1. The van der Waals surface area contributed by atoms with Crippen molar-refractivity contribution in [3.8, 4) is 0 Å². The van der Waals surface area contributed by atoms with E-state index in [2.05, 4.69) is 60.6 Å². The topological polar surface area (TPSA) is 198 Å². The SMILES string of the molecule is Cc1cccc(C(=O)NC2CC(n3cnc4c(NCCC5CCN(CC6CCN(c7ccc8nnn([C@H]9CCC(=O)NC9=O)c(=O)c8c7)CC6)CC5)ncnc43)C2)n1. The number of anilines is 2. The number of hydrogen-bond donors (Lipinski definition) is 3. The first kappa shape index (κ1) is 37.7. The zero-order chi connectivity index (χ0) is 39.8. The molecule has 17 heteroatoms. The minimum absolute atomic E-state index is 0.0924. The fourth-order valence-corrected chi connectivity index (χ4v) is 9.06. The Balaban J connectivity index is 0.708. The molecule has 0 unspecified atom stereocenters. The predicted molar refractivity (Wildman–Crippen MR) is 216 cm³/mol. The lowest BCUT2D eigenvalue weighted by molar-refractivity contribution is -0.136. The molecule has 3 amide bonds. The summed E-state index contributed by atoms with van der Waals surface area (Å²) in [5, 5.41) is 17.6. The molecular formula is C41H49N13O4. The van der Waals surface area contributed by atoms with Crippen LogP contribution in [0.3, 0.4) is 0 Å². The summed E-state index contributed by atoms with van der Waals surface area (Å²) in [7, 11) is 0. The Morgan fingerprint density at radius 2 is 1.74 bits per heavy atom. The number of hydrogen-bond acceptors (Lipinski definition) is 13. The van der Waals surface area contributed by atoms with Crippen LogP contribution in [0.15, 0.2) is 53.8 Å². The number of carbonyl (C=O) groups is 3. The number of nitrogens with zero attached hydrogens (tertiary/aromatic N) is 10. The number of nitrogens with one attached hydrogen (secondary N) is 3. The Morgan fingerprint density at radius 1 is 0.931 bits per heavy atom. The van der Waals surface area contributed by atoms with Gasteiger partial charge in [-0.15, -0.1) is 5.10 Å². The molecule has 17 nitrogen and oxygen atoms in total. The molecule has 302 valence electrons. The summed E-state index contributed by atoms with van der Waals surface area (Å²) < 4.78 is 3.23. The van der Waals surface area contributed by atoms with Gasteiger partial charge in [-0.1, -0.05) is 11.3 Å². The molecule has 4 fully saturated rings. The van der Waals surface area contributed by atoms with E-state index in [1.165, 1.54) is 12.8 Å². The molecule has 5 aromatic rings. The molecule has 1 saturated carbocycles. The summed E-state index contributed by atoms with van der Waals surface area (Å²) in [5.41, 5.74) is 3.96. The van der Waals surface area contributed by atoms with E-state index >= 15 is 0 Å². The van der Waals surface area contributed by atoms with Gasteiger partial charge in [0.15, 0.2) is 11.5 Å². The summed E-state index contributed by atoms with van der Waals surface area (Å²) in [6.07, 6.45) is 11.1. The van der Waals surface area contributed by atoms with Crippen LogP contribution in [0.25, 0.3) is 22.1 Å². The summed E-state index contributed by atoms with van der Waals surface area (Å²) >= 11 is 0. The van der Waals surface area contributed by atoms with Gasteiger partial charge in [-0.3, -0.25) is 24.5 Å². The second-order valence-corrected chi connectivity index (χ2v) is 16.4. The van der Waals surface area contributed by atoms with Crippen LogP contribution in [-0.4, -0.2) is 107 Å². The van der Waals surface area contributed by atoms with Gasteiger partial charge in [0, 0.05) is 56.1 Å². The van der Waals surface area contributed by atoms with Crippen LogP contribution in [0.2, 0.25) is 0 Å². The van der Waals surface area contributed by atoms with Crippen LogP contribution in [0.5, 0.6) is 0 Å². The van der Waals surface area contributed by atoms with Gasteiger partial charge in [0.2, 0.25) is 5.91 Å². The first-order chi connectivity index (χ1) is 28.3. The van der Waals surface area contributed by atoms with Crippen molar-refractivity contribution < 1.29 is 14.4 Å². The van der Waals surface area contributed by atoms with E-state index in [0.29, 0.717) is 28.4 Å². The van der Waals surface area contributed by atoms with Crippen molar-refractivity contribution in [3.05, 3.63) is 70.8 Å². The third-order valence-corrected chi connectivity index (χ3v) is 12.5. The Kier molecular flexibility index (Phi) is 10.5. The van der Waals surface area contributed by atoms with Crippen LogP contribution in [0.4, 0.5) is 11.5 Å². The third kappa shape index (κ3) is 7.86. The highest BCUT2D eigenvalue weighted by molar-refractivity contribution is 5.99. The molecule has 3 aliphatic heterocycles. The fourth-order valence-electron chi connectivity index (χ4n) is 9.06. The number of pyridine rings is 1. The Bertz CT molecular complexity index is 2390. The van der Waals surface area contributed by atoms with Gasteiger partial charge in [0.25, 0.3) is 17.4 Å². The van der Waals surface area contributed by atoms with Gasteiger partial charge in [-0.25, -0.2) is 19.9 Å². The molecule has 3 saturated heterocycles.